The Morgan fingerprint density at radius 2 is 2.00 bits per heavy atom. The highest BCUT2D eigenvalue weighted by Crippen LogP contribution is 2.19. The fourth-order valence-electron chi connectivity index (χ4n) is 1.69. The first kappa shape index (κ1) is 14.2. The zero-order valence-corrected chi connectivity index (χ0v) is 10.8. The molecule has 4 nitrogen and oxygen atoms in total. The quantitative estimate of drug-likeness (QED) is 0.829. The van der Waals surface area contributed by atoms with Gasteiger partial charge in [0.2, 0.25) is 5.91 Å². The predicted octanol–water partition coefficient (Wildman–Crippen LogP) is 1.74. The summed E-state index contributed by atoms with van der Waals surface area (Å²) in [5, 5.41) is 11.3. The minimum Gasteiger partial charge on any atom is -0.352 e. The van der Waals surface area contributed by atoms with Crippen LogP contribution in [-0.2, 0) is 4.79 Å². The van der Waals surface area contributed by atoms with E-state index in [0.717, 1.165) is 5.56 Å². The van der Waals surface area contributed by atoms with E-state index in [-0.39, 0.29) is 23.9 Å². The van der Waals surface area contributed by atoms with E-state index in [4.69, 9.17) is 11.0 Å². The predicted molar refractivity (Wildman–Crippen MR) is 70.4 cm³/mol. The van der Waals surface area contributed by atoms with Gasteiger partial charge < -0.3 is 11.1 Å². The van der Waals surface area contributed by atoms with Crippen molar-refractivity contribution in [1.29, 1.82) is 5.26 Å². The molecule has 0 aliphatic carbocycles. The number of carbonyl (C=O) groups excluding carboxylic acids is 1. The first-order valence-electron chi connectivity index (χ1n) is 6.04. The normalized spacial score (nSPS) is 15.2. The van der Waals surface area contributed by atoms with Gasteiger partial charge in [-0.25, -0.2) is 0 Å². The number of rotatable bonds is 5. The van der Waals surface area contributed by atoms with E-state index < -0.39 is 0 Å². The number of nitrogens with zero attached hydrogens (tertiary/aromatic N) is 1. The number of nitriles is 1. The maximum Gasteiger partial charge on any atom is 0.224 e. The van der Waals surface area contributed by atoms with E-state index in [2.05, 4.69) is 5.32 Å². The minimum atomic E-state index is -0.333. The van der Waals surface area contributed by atoms with Crippen molar-refractivity contribution in [2.75, 3.05) is 0 Å². The van der Waals surface area contributed by atoms with Crippen LogP contribution in [0.3, 0.4) is 0 Å². The lowest BCUT2D eigenvalue weighted by Crippen LogP contribution is -2.40. The monoisotopic (exact) mass is 245 g/mol. The maximum absolute atomic E-state index is 11.9. The van der Waals surface area contributed by atoms with E-state index in [1.54, 1.807) is 6.92 Å². The molecule has 0 aliphatic heterocycles. The maximum atomic E-state index is 11.9. The third-order valence-electron chi connectivity index (χ3n) is 2.92. The van der Waals surface area contributed by atoms with Gasteiger partial charge in [0, 0.05) is 12.1 Å². The Morgan fingerprint density at radius 3 is 2.56 bits per heavy atom. The molecule has 3 unspecified atom stereocenters. The van der Waals surface area contributed by atoms with Gasteiger partial charge in [-0.3, -0.25) is 4.79 Å². The number of amides is 1. The van der Waals surface area contributed by atoms with Gasteiger partial charge >= 0.3 is 0 Å². The van der Waals surface area contributed by atoms with Crippen molar-refractivity contribution >= 4 is 5.91 Å². The van der Waals surface area contributed by atoms with Crippen LogP contribution in [0.25, 0.3) is 0 Å². The second-order valence-electron chi connectivity index (χ2n) is 4.50. The van der Waals surface area contributed by atoms with Gasteiger partial charge in [-0.15, -0.1) is 0 Å². The molecule has 0 bridgehead atoms. The number of benzene rings is 1. The average molecular weight is 245 g/mol. The van der Waals surface area contributed by atoms with Crippen LogP contribution in [0.2, 0.25) is 0 Å². The number of hydrogen-bond acceptors (Lipinski definition) is 3. The van der Waals surface area contributed by atoms with Crippen molar-refractivity contribution in [3.05, 3.63) is 35.9 Å². The number of nitrogens with two attached hydrogens (primary N) is 1. The smallest absolute Gasteiger partial charge is 0.224 e. The summed E-state index contributed by atoms with van der Waals surface area (Å²) in [4.78, 5) is 11.9. The van der Waals surface area contributed by atoms with Gasteiger partial charge in [-0.2, -0.15) is 5.26 Å². The summed E-state index contributed by atoms with van der Waals surface area (Å²) in [6.07, 6.45) is 0.305. The highest BCUT2D eigenvalue weighted by atomic mass is 16.1. The number of hydrogen-bond donors (Lipinski definition) is 2. The molecule has 0 saturated carbocycles. The molecule has 1 aromatic carbocycles. The van der Waals surface area contributed by atoms with E-state index in [0.29, 0.717) is 6.42 Å². The van der Waals surface area contributed by atoms with Crippen LogP contribution in [-0.4, -0.2) is 11.9 Å². The fraction of sp³-hybridized carbons (Fsp3) is 0.429. The van der Waals surface area contributed by atoms with Gasteiger partial charge in [-0.05, 0) is 12.5 Å². The van der Waals surface area contributed by atoms with Gasteiger partial charge in [0.1, 0.15) is 0 Å². The summed E-state index contributed by atoms with van der Waals surface area (Å²) in [6, 6.07) is 11.1. The van der Waals surface area contributed by atoms with Gasteiger partial charge in [0.25, 0.3) is 0 Å². The lowest BCUT2D eigenvalue weighted by atomic mass is 9.94. The summed E-state index contributed by atoms with van der Waals surface area (Å²) in [6.45, 7) is 3.61. The zero-order valence-electron chi connectivity index (χ0n) is 10.8. The van der Waals surface area contributed by atoms with Gasteiger partial charge in [0.05, 0.1) is 18.4 Å². The first-order chi connectivity index (χ1) is 8.56. The van der Waals surface area contributed by atoms with Crippen LogP contribution in [0.5, 0.6) is 0 Å². The van der Waals surface area contributed by atoms with E-state index in [9.17, 15) is 4.79 Å². The first-order valence-corrected chi connectivity index (χ1v) is 6.04. The SMILES string of the molecule is CC(CC#N)NC(=O)C(C)C(N)c1ccccc1. The molecule has 18 heavy (non-hydrogen) atoms. The Labute approximate surface area is 108 Å². The molecule has 0 radical (unpaired) electrons. The van der Waals surface area contributed by atoms with Crippen molar-refractivity contribution in [3.63, 3.8) is 0 Å². The van der Waals surface area contributed by atoms with Crippen LogP contribution >= 0.6 is 0 Å². The molecule has 3 N–H and O–H groups in total. The third-order valence-corrected chi connectivity index (χ3v) is 2.92. The number of carbonyl (C=O) groups is 1. The van der Waals surface area contributed by atoms with Crippen molar-refractivity contribution in [2.45, 2.75) is 32.4 Å². The molecule has 1 rings (SSSR count). The summed E-state index contributed by atoms with van der Waals surface area (Å²) in [5.41, 5.74) is 7.00. The molecule has 0 spiro atoms. The summed E-state index contributed by atoms with van der Waals surface area (Å²) in [5.74, 6) is -0.442. The van der Waals surface area contributed by atoms with E-state index in [1.165, 1.54) is 0 Å². The van der Waals surface area contributed by atoms with Crippen LogP contribution < -0.4 is 11.1 Å². The molecule has 96 valence electrons. The molecular weight excluding hydrogens is 226 g/mol. The fourth-order valence-corrected chi connectivity index (χ4v) is 1.69. The Balaban J connectivity index is 2.62. The molecule has 0 heterocycles. The average Bonchev–Trinajstić information content (AvgIpc) is 2.38. The molecule has 1 amide bonds. The molecule has 0 saturated heterocycles. The topological polar surface area (TPSA) is 78.9 Å². The second kappa shape index (κ2) is 6.77. The summed E-state index contributed by atoms with van der Waals surface area (Å²) in [7, 11) is 0. The van der Waals surface area contributed by atoms with Crippen molar-refractivity contribution in [3.8, 4) is 6.07 Å². The number of nitrogens with one attached hydrogen (secondary N) is 1. The minimum absolute atomic E-state index is 0.117. The van der Waals surface area contributed by atoms with Crippen molar-refractivity contribution < 1.29 is 4.79 Å². The zero-order chi connectivity index (χ0) is 13.5. The molecule has 0 aromatic heterocycles. The van der Waals surface area contributed by atoms with Crippen LogP contribution in [0, 0.1) is 17.2 Å². The molecule has 0 aliphatic rings. The van der Waals surface area contributed by atoms with Crippen molar-refractivity contribution in [2.24, 2.45) is 11.7 Å². The third kappa shape index (κ3) is 3.86. The summed E-state index contributed by atoms with van der Waals surface area (Å²) < 4.78 is 0. The van der Waals surface area contributed by atoms with Gasteiger partial charge in [0.15, 0.2) is 0 Å². The standard InChI is InChI=1S/C14H19N3O/c1-10(8-9-15)17-14(18)11(2)13(16)12-6-4-3-5-7-12/h3-7,10-11,13H,8,16H2,1-2H3,(H,17,18). The molecule has 0 fully saturated rings. The Bertz CT molecular complexity index is 424. The molecular formula is C14H19N3O. The van der Waals surface area contributed by atoms with Crippen LogP contribution in [0.1, 0.15) is 31.9 Å². The van der Waals surface area contributed by atoms with E-state index >= 15 is 0 Å². The van der Waals surface area contributed by atoms with Gasteiger partial charge in [-0.1, -0.05) is 37.3 Å². The second-order valence-corrected chi connectivity index (χ2v) is 4.50. The van der Waals surface area contributed by atoms with Crippen molar-refractivity contribution in [1.82, 2.24) is 5.32 Å². The van der Waals surface area contributed by atoms with E-state index in [1.807, 2.05) is 43.3 Å². The largest absolute Gasteiger partial charge is 0.352 e. The Kier molecular flexibility index (Phi) is 5.34. The lowest BCUT2D eigenvalue weighted by Gasteiger charge is -2.21. The van der Waals surface area contributed by atoms with Crippen LogP contribution in [0.4, 0.5) is 0 Å². The Hall–Kier alpha value is -1.86. The molecule has 1 aromatic rings. The highest BCUT2D eigenvalue weighted by molar-refractivity contribution is 5.79. The molecule has 3 atom stereocenters. The van der Waals surface area contributed by atoms with Crippen LogP contribution in [0.15, 0.2) is 30.3 Å². The molecule has 4 heteroatoms. The Morgan fingerprint density at radius 1 is 1.39 bits per heavy atom. The lowest BCUT2D eigenvalue weighted by molar-refractivity contribution is -0.125. The highest BCUT2D eigenvalue weighted by Gasteiger charge is 2.22. The summed E-state index contributed by atoms with van der Waals surface area (Å²) >= 11 is 0.